The Morgan fingerprint density at radius 1 is 0.725 bits per heavy atom. The van der Waals surface area contributed by atoms with Crippen molar-refractivity contribution in [3.63, 3.8) is 0 Å². The van der Waals surface area contributed by atoms with E-state index in [1.807, 2.05) is 48.5 Å². The summed E-state index contributed by atoms with van der Waals surface area (Å²) in [4.78, 5) is 12.6. The van der Waals surface area contributed by atoms with Gasteiger partial charge in [0.2, 0.25) is 5.91 Å². The van der Waals surface area contributed by atoms with Gasteiger partial charge in [-0.1, -0.05) is 121 Å². The molecule has 5 aromatic rings. The molecule has 0 aliphatic heterocycles. The highest BCUT2D eigenvalue weighted by Gasteiger charge is 2.16. The van der Waals surface area contributed by atoms with Crippen molar-refractivity contribution in [1.82, 2.24) is 20.1 Å². The molecule has 0 atom stereocenters. The lowest BCUT2D eigenvalue weighted by Gasteiger charge is -2.18. The predicted molar refractivity (Wildman–Crippen MR) is 164 cm³/mol. The molecular weight excluding hydrogens is 512 g/mol. The number of hydrogen-bond acceptors (Lipinski definition) is 4. The highest BCUT2D eigenvalue weighted by molar-refractivity contribution is 7.99. The molecule has 0 spiro atoms. The Morgan fingerprint density at radius 3 is 1.93 bits per heavy atom. The Hall–Kier alpha value is -4.16. The first kappa shape index (κ1) is 27.4. The summed E-state index contributed by atoms with van der Waals surface area (Å²) < 4.78 is 2.11. The normalized spacial score (nSPS) is 11.0. The fourth-order valence-electron chi connectivity index (χ4n) is 4.84. The Morgan fingerprint density at radius 2 is 1.30 bits per heavy atom. The molecule has 6 heteroatoms. The van der Waals surface area contributed by atoms with Gasteiger partial charge in [-0.15, -0.1) is 10.2 Å². The van der Waals surface area contributed by atoms with Crippen LogP contribution in [0.5, 0.6) is 0 Å². The van der Waals surface area contributed by atoms with Crippen molar-refractivity contribution in [3.05, 3.63) is 132 Å². The summed E-state index contributed by atoms with van der Waals surface area (Å²) in [6.45, 7) is 0.657. The maximum atomic E-state index is 12.6. The molecule has 0 saturated carbocycles. The number of unbranched alkanes of at least 4 members (excludes halogenated alkanes) is 1. The second-order valence-corrected chi connectivity index (χ2v) is 10.7. The number of aromatic nitrogens is 3. The van der Waals surface area contributed by atoms with E-state index in [4.69, 9.17) is 0 Å². The van der Waals surface area contributed by atoms with E-state index in [9.17, 15) is 4.79 Å². The maximum Gasteiger partial charge on any atom is 0.219 e. The van der Waals surface area contributed by atoms with Crippen LogP contribution < -0.4 is 5.32 Å². The predicted octanol–water partition coefficient (Wildman–Crippen LogP) is 7.54. The molecule has 0 unspecified atom stereocenters. The van der Waals surface area contributed by atoms with E-state index in [0.717, 1.165) is 47.2 Å². The molecule has 202 valence electrons. The zero-order chi connectivity index (χ0) is 27.4. The van der Waals surface area contributed by atoms with Crippen LogP contribution >= 0.6 is 11.8 Å². The Bertz CT molecular complexity index is 1420. The lowest BCUT2D eigenvalue weighted by Crippen LogP contribution is -2.25. The largest absolute Gasteiger partial charge is 0.356 e. The molecule has 0 fully saturated rings. The number of thioether (sulfide) groups is 1. The van der Waals surface area contributed by atoms with Crippen LogP contribution in [0.15, 0.2) is 126 Å². The van der Waals surface area contributed by atoms with Crippen molar-refractivity contribution >= 4 is 17.7 Å². The highest BCUT2D eigenvalue weighted by Crippen LogP contribution is 2.29. The number of para-hydroxylation sites is 1. The first-order valence-electron chi connectivity index (χ1n) is 13.9. The second-order valence-electron chi connectivity index (χ2n) is 9.66. The van der Waals surface area contributed by atoms with Gasteiger partial charge in [-0.05, 0) is 42.5 Å². The molecule has 1 N–H and O–H groups in total. The number of carbonyl (C=O) groups excluding carboxylic acids is 1. The van der Waals surface area contributed by atoms with Crippen molar-refractivity contribution in [2.45, 2.75) is 36.8 Å². The van der Waals surface area contributed by atoms with E-state index in [1.165, 1.54) is 11.1 Å². The third-order valence-electron chi connectivity index (χ3n) is 6.87. The maximum absolute atomic E-state index is 12.6. The summed E-state index contributed by atoms with van der Waals surface area (Å²) in [5, 5.41) is 13.0. The summed E-state index contributed by atoms with van der Waals surface area (Å²) in [5.41, 5.74) is 4.62. The van der Waals surface area contributed by atoms with E-state index in [2.05, 4.69) is 92.9 Å². The standard InChI is InChI=1S/C34H34N4OS/c39-32(35-25-24-31(27-15-5-1-6-16-27)28-17-7-2-8-18-28)23-13-14-26-40-34-37-36-33(29-19-9-3-10-20-29)38(34)30-21-11-4-12-22-30/h1-12,15-22,31H,13-14,23-26H2,(H,35,39). The third-order valence-corrected chi connectivity index (χ3v) is 7.88. The van der Waals surface area contributed by atoms with E-state index in [-0.39, 0.29) is 11.8 Å². The molecule has 0 aliphatic rings. The van der Waals surface area contributed by atoms with Crippen LogP contribution in [0, 0.1) is 0 Å². The van der Waals surface area contributed by atoms with E-state index in [0.29, 0.717) is 13.0 Å². The molecule has 1 aromatic heterocycles. The summed E-state index contributed by atoms with van der Waals surface area (Å²) >= 11 is 1.68. The zero-order valence-electron chi connectivity index (χ0n) is 22.5. The minimum Gasteiger partial charge on any atom is -0.356 e. The van der Waals surface area contributed by atoms with Crippen molar-refractivity contribution in [2.75, 3.05) is 12.3 Å². The van der Waals surface area contributed by atoms with Gasteiger partial charge in [0, 0.05) is 35.9 Å². The molecular formula is C34H34N4OS. The van der Waals surface area contributed by atoms with Gasteiger partial charge in [0.25, 0.3) is 0 Å². The van der Waals surface area contributed by atoms with Crippen LogP contribution in [0.2, 0.25) is 0 Å². The molecule has 0 saturated heterocycles. The quantitative estimate of drug-likeness (QED) is 0.122. The topological polar surface area (TPSA) is 59.8 Å². The van der Waals surface area contributed by atoms with Gasteiger partial charge in [0.1, 0.15) is 0 Å². The van der Waals surface area contributed by atoms with Crippen LogP contribution in [0.1, 0.15) is 42.7 Å². The Balaban J connectivity index is 1.10. The van der Waals surface area contributed by atoms with Crippen molar-refractivity contribution in [3.8, 4) is 17.1 Å². The molecule has 1 amide bonds. The van der Waals surface area contributed by atoms with Gasteiger partial charge in [-0.2, -0.15) is 0 Å². The highest BCUT2D eigenvalue weighted by atomic mass is 32.2. The van der Waals surface area contributed by atoms with Crippen molar-refractivity contribution in [1.29, 1.82) is 0 Å². The first-order valence-corrected chi connectivity index (χ1v) is 14.8. The van der Waals surface area contributed by atoms with Crippen LogP contribution in [0.4, 0.5) is 0 Å². The summed E-state index contributed by atoms with van der Waals surface area (Å²) in [6, 6.07) is 41.4. The molecule has 0 bridgehead atoms. The molecule has 40 heavy (non-hydrogen) atoms. The number of hydrogen-bond donors (Lipinski definition) is 1. The van der Waals surface area contributed by atoms with Gasteiger partial charge in [0.05, 0.1) is 0 Å². The van der Waals surface area contributed by atoms with Gasteiger partial charge >= 0.3 is 0 Å². The van der Waals surface area contributed by atoms with Gasteiger partial charge in [0.15, 0.2) is 11.0 Å². The van der Waals surface area contributed by atoms with Crippen LogP contribution in [0.3, 0.4) is 0 Å². The molecule has 1 heterocycles. The Kier molecular flexibility index (Phi) is 9.79. The number of nitrogens with zero attached hydrogens (tertiary/aromatic N) is 3. The lowest BCUT2D eigenvalue weighted by atomic mass is 9.88. The van der Waals surface area contributed by atoms with Crippen molar-refractivity contribution < 1.29 is 4.79 Å². The molecule has 4 aromatic carbocycles. The van der Waals surface area contributed by atoms with E-state index in [1.54, 1.807) is 11.8 Å². The van der Waals surface area contributed by atoms with Gasteiger partial charge < -0.3 is 5.32 Å². The molecule has 5 nitrogen and oxygen atoms in total. The second kappa shape index (κ2) is 14.3. The SMILES string of the molecule is O=C(CCCCSc1nnc(-c2ccccc2)n1-c1ccccc1)NCCC(c1ccccc1)c1ccccc1. The average Bonchev–Trinajstić information content (AvgIpc) is 3.45. The average molecular weight is 547 g/mol. The monoisotopic (exact) mass is 546 g/mol. The molecule has 0 aliphatic carbocycles. The van der Waals surface area contributed by atoms with Gasteiger partial charge in [-0.3, -0.25) is 9.36 Å². The minimum absolute atomic E-state index is 0.115. The lowest BCUT2D eigenvalue weighted by molar-refractivity contribution is -0.121. The van der Waals surface area contributed by atoms with Crippen LogP contribution in [-0.4, -0.2) is 33.0 Å². The fourth-order valence-corrected chi connectivity index (χ4v) is 5.79. The number of benzene rings is 4. The third kappa shape index (κ3) is 7.27. The van der Waals surface area contributed by atoms with Crippen LogP contribution in [0.25, 0.3) is 17.1 Å². The molecule has 5 rings (SSSR count). The van der Waals surface area contributed by atoms with E-state index < -0.39 is 0 Å². The minimum atomic E-state index is 0.115. The van der Waals surface area contributed by atoms with E-state index >= 15 is 0 Å². The smallest absolute Gasteiger partial charge is 0.219 e. The summed E-state index contributed by atoms with van der Waals surface area (Å²) in [7, 11) is 0. The number of amides is 1. The number of carbonyl (C=O) groups is 1. The summed E-state index contributed by atoms with van der Waals surface area (Å²) in [6.07, 6.45) is 3.17. The fraction of sp³-hybridized carbons (Fsp3) is 0.206. The summed E-state index contributed by atoms with van der Waals surface area (Å²) in [5.74, 6) is 2.08. The van der Waals surface area contributed by atoms with Crippen molar-refractivity contribution in [2.24, 2.45) is 0 Å². The van der Waals surface area contributed by atoms with Gasteiger partial charge in [-0.25, -0.2) is 0 Å². The number of nitrogens with one attached hydrogen (secondary N) is 1. The first-order chi connectivity index (χ1) is 19.8. The molecule has 0 radical (unpaired) electrons. The number of rotatable bonds is 13. The Labute approximate surface area is 240 Å². The zero-order valence-corrected chi connectivity index (χ0v) is 23.3. The van der Waals surface area contributed by atoms with Crippen LogP contribution in [-0.2, 0) is 4.79 Å².